The molecule has 1 fully saturated rings. The molecule has 3 rings (SSSR count). The predicted molar refractivity (Wildman–Crippen MR) is 85.4 cm³/mol. The SMILES string of the molecule is O=C(NCCc1nn[nH]n1)[C@H]1CCCCN1Cc1ccccc1. The van der Waals surface area contributed by atoms with E-state index in [9.17, 15) is 4.79 Å². The van der Waals surface area contributed by atoms with Crippen LogP contribution in [0, 0.1) is 0 Å². The van der Waals surface area contributed by atoms with Crippen LogP contribution in [0.25, 0.3) is 0 Å². The van der Waals surface area contributed by atoms with Crippen molar-refractivity contribution in [1.29, 1.82) is 0 Å². The molecule has 0 bridgehead atoms. The monoisotopic (exact) mass is 314 g/mol. The van der Waals surface area contributed by atoms with Gasteiger partial charge in [0.15, 0.2) is 5.82 Å². The Balaban J connectivity index is 1.53. The Bertz CT molecular complexity index is 600. The second kappa shape index (κ2) is 7.82. The van der Waals surface area contributed by atoms with Gasteiger partial charge in [-0.2, -0.15) is 5.21 Å². The number of nitrogens with zero attached hydrogens (tertiary/aromatic N) is 4. The third kappa shape index (κ3) is 4.35. The van der Waals surface area contributed by atoms with Gasteiger partial charge in [-0.15, -0.1) is 10.2 Å². The van der Waals surface area contributed by atoms with Crippen molar-refractivity contribution in [1.82, 2.24) is 30.8 Å². The molecule has 1 aromatic carbocycles. The molecule has 2 aromatic rings. The number of aromatic amines is 1. The Hall–Kier alpha value is -2.28. The maximum atomic E-state index is 12.5. The fourth-order valence-electron chi connectivity index (χ4n) is 3.00. The van der Waals surface area contributed by atoms with E-state index in [2.05, 4.69) is 43.0 Å². The van der Waals surface area contributed by atoms with Crippen LogP contribution in [0.15, 0.2) is 30.3 Å². The standard InChI is InChI=1S/C16H22N6O/c23-16(17-10-9-15-18-20-21-19-15)14-8-4-5-11-22(14)12-13-6-2-1-3-7-13/h1-3,6-7,14H,4-5,8-12H2,(H,17,23)(H,18,19,20,21)/t14-/m1/s1. The van der Waals surface area contributed by atoms with Crippen molar-refractivity contribution < 1.29 is 4.79 Å². The van der Waals surface area contributed by atoms with E-state index in [0.717, 1.165) is 32.4 Å². The van der Waals surface area contributed by atoms with Crippen LogP contribution in [0.4, 0.5) is 0 Å². The fraction of sp³-hybridized carbons (Fsp3) is 0.500. The number of hydrogen-bond acceptors (Lipinski definition) is 5. The van der Waals surface area contributed by atoms with Crippen LogP contribution in [0.3, 0.4) is 0 Å². The van der Waals surface area contributed by atoms with Crippen molar-refractivity contribution in [2.45, 2.75) is 38.3 Å². The minimum Gasteiger partial charge on any atom is -0.354 e. The van der Waals surface area contributed by atoms with E-state index in [1.54, 1.807) is 0 Å². The van der Waals surface area contributed by atoms with E-state index >= 15 is 0 Å². The minimum absolute atomic E-state index is 0.0470. The number of nitrogens with one attached hydrogen (secondary N) is 2. The highest BCUT2D eigenvalue weighted by molar-refractivity contribution is 5.81. The van der Waals surface area contributed by atoms with Crippen molar-refractivity contribution in [3.8, 4) is 0 Å². The first-order valence-electron chi connectivity index (χ1n) is 8.11. The number of amides is 1. The van der Waals surface area contributed by atoms with E-state index in [1.807, 2.05) is 18.2 Å². The molecular formula is C16H22N6O. The molecule has 0 radical (unpaired) electrons. The number of tetrazole rings is 1. The summed E-state index contributed by atoms with van der Waals surface area (Å²) < 4.78 is 0. The third-order valence-corrected chi connectivity index (χ3v) is 4.18. The lowest BCUT2D eigenvalue weighted by atomic mass is 10.0. The van der Waals surface area contributed by atoms with Crippen molar-refractivity contribution in [2.24, 2.45) is 0 Å². The Kier molecular flexibility index (Phi) is 5.31. The van der Waals surface area contributed by atoms with Crippen molar-refractivity contribution in [3.05, 3.63) is 41.7 Å². The molecule has 0 aliphatic carbocycles. The molecule has 1 aliphatic rings. The van der Waals surface area contributed by atoms with E-state index in [4.69, 9.17) is 0 Å². The highest BCUT2D eigenvalue weighted by Crippen LogP contribution is 2.19. The summed E-state index contributed by atoms with van der Waals surface area (Å²) in [6.07, 6.45) is 3.77. The van der Waals surface area contributed by atoms with Crippen molar-refractivity contribution in [3.63, 3.8) is 0 Å². The smallest absolute Gasteiger partial charge is 0.237 e. The molecule has 1 saturated heterocycles. The molecule has 2 N–H and O–H groups in total. The van der Waals surface area contributed by atoms with Crippen LogP contribution in [0.5, 0.6) is 0 Å². The van der Waals surface area contributed by atoms with Gasteiger partial charge >= 0.3 is 0 Å². The molecule has 1 aliphatic heterocycles. The quantitative estimate of drug-likeness (QED) is 0.828. The van der Waals surface area contributed by atoms with E-state index in [1.165, 1.54) is 5.56 Å². The van der Waals surface area contributed by atoms with Gasteiger partial charge in [-0.25, -0.2) is 0 Å². The van der Waals surface area contributed by atoms with Gasteiger partial charge < -0.3 is 5.32 Å². The highest BCUT2D eigenvalue weighted by Gasteiger charge is 2.28. The Morgan fingerprint density at radius 3 is 2.96 bits per heavy atom. The molecule has 1 aromatic heterocycles. The number of likely N-dealkylation sites (tertiary alicyclic amines) is 1. The minimum atomic E-state index is -0.0470. The van der Waals surface area contributed by atoms with Gasteiger partial charge in [0.25, 0.3) is 0 Å². The average Bonchev–Trinajstić information content (AvgIpc) is 3.09. The maximum Gasteiger partial charge on any atom is 0.237 e. The number of aromatic nitrogens is 4. The molecule has 0 unspecified atom stereocenters. The number of H-pyrrole nitrogens is 1. The molecule has 122 valence electrons. The molecule has 0 spiro atoms. The number of hydrogen-bond donors (Lipinski definition) is 2. The molecule has 1 atom stereocenters. The third-order valence-electron chi connectivity index (χ3n) is 4.18. The van der Waals surface area contributed by atoms with Crippen LogP contribution in [-0.2, 0) is 17.8 Å². The molecular weight excluding hydrogens is 292 g/mol. The number of rotatable bonds is 6. The van der Waals surface area contributed by atoms with Gasteiger partial charge in [0.1, 0.15) is 0 Å². The average molecular weight is 314 g/mol. The van der Waals surface area contributed by atoms with Gasteiger partial charge in [0.2, 0.25) is 5.91 Å². The highest BCUT2D eigenvalue weighted by atomic mass is 16.2. The van der Waals surface area contributed by atoms with Crippen molar-refractivity contribution in [2.75, 3.05) is 13.1 Å². The summed E-state index contributed by atoms with van der Waals surface area (Å²) >= 11 is 0. The predicted octanol–water partition coefficient (Wildman–Crippen LogP) is 0.913. The summed E-state index contributed by atoms with van der Waals surface area (Å²) in [5.74, 6) is 0.721. The van der Waals surface area contributed by atoms with Gasteiger partial charge in [-0.3, -0.25) is 9.69 Å². The summed E-state index contributed by atoms with van der Waals surface area (Å²) in [7, 11) is 0. The molecule has 2 heterocycles. The van der Waals surface area contributed by atoms with Crippen LogP contribution >= 0.6 is 0 Å². The first-order chi connectivity index (χ1) is 11.3. The van der Waals surface area contributed by atoms with Crippen LogP contribution < -0.4 is 5.32 Å². The van der Waals surface area contributed by atoms with Gasteiger partial charge in [0.05, 0.1) is 6.04 Å². The lowest BCUT2D eigenvalue weighted by Gasteiger charge is -2.34. The first kappa shape index (κ1) is 15.6. The molecule has 7 nitrogen and oxygen atoms in total. The normalized spacial score (nSPS) is 18.7. The van der Waals surface area contributed by atoms with Crippen molar-refractivity contribution >= 4 is 5.91 Å². The second-order valence-electron chi connectivity index (χ2n) is 5.84. The zero-order valence-corrected chi connectivity index (χ0v) is 13.1. The molecule has 1 amide bonds. The number of piperidine rings is 1. The van der Waals surface area contributed by atoms with E-state index < -0.39 is 0 Å². The van der Waals surface area contributed by atoms with Gasteiger partial charge in [0, 0.05) is 19.5 Å². The lowest BCUT2D eigenvalue weighted by Crippen LogP contribution is -2.49. The summed E-state index contributed by atoms with van der Waals surface area (Å²) in [6.45, 7) is 2.33. The van der Waals surface area contributed by atoms with Crippen LogP contribution in [-0.4, -0.2) is 50.6 Å². The lowest BCUT2D eigenvalue weighted by molar-refractivity contribution is -0.127. The number of benzene rings is 1. The molecule has 23 heavy (non-hydrogen) atoms. The Morgan fingerprint density at radius 1 is 1.30 bits per heavy atom. The zero-order valence-electron chi connectivity index (χ0n) is 13.1. The summed E-state index contributed by atoms with van der Waals surface area (Å²) in [5, 5.41) is 16.7. The van der Waals surface area contributed by atoms with E-state index in [0.29, 0.717) is 18.8 Å². The summed E-state index contributed by atoms with van der Waals surface area (Å²) in [4.78, 5) is 14.8. The summed E-state index contributed by atoms with van der Waals surface area (Å²) in [6, 6.07) is 10.3. The van der Waals surface area contributed by atoms with Crippen LogP contribution in [0.2, 0.25) is 0 Å². The van der Waals surface area contributed by atoms with Gasteiger partial charge in [-0.05, 0) is 24.9 Å². The molecule has 7 heteroatoms. The topological polar surface area (TPSA) is 86.8 Å². The summed E-state index contributed by atoms with van der Waals surface area (Å²) in [5.41, 5.74) is 1.25. The number of carbonyl (C=O) groups is 1. The fourth-order valence-corrected chi connectivity index (χ4v) is 3.00. The largest absolute Gasteiger partial charge is 0.354 e. The Labute approximate surface area is 135 Å². The second-order valence-corrected chi connectivity index (χ2v) is 5.84. The van der Waals surface area contributed by atoms with Gasteiger partial charge in [-0.1, -0.05) is 42.0 Å². The molecule has 0 saturated carbocycles. The number of carbonyl (C=O) groups excluding carboxylic acids is 1. The van der Waals surface area contributed by atoms with Crippen LogP contribution in [0.1, 0.15) is 30.7 Å². The zero-order chi connectivity index (χ0) is 15.9. The maximum absolute atomic E-state index is 12.5. The van der Waals surface area contributed by atoms with E-state index in [-0.39, 0.29) is 11.9 Å². The Morgan fingerprint density at radius 2 is 2.17 bits per heavy atom. The first-order valence-corrected chi connectivity index (χ1v) is 8.11.